The Bertz CT molecular complexity index is 1230. The smallest absolute Gasteiger partial charge is 0.264 e. The molecule has 0 spiro atoms. The lowest BCUT2D eigenvalue weighted by Gasteiger charge is -2.26. The fourth-order valence-corrected chi connectivity index (χ4v) is 4.68. The number of sulfonamides is 1. The number of halogens is 1. The van der Waals surface area contributed by atoms with Crippen LogP contribution in [0.4, 0.5) is 11.4 Å². The number of nitrogens with one attached hydrogen (secondary N) is 1. The normalized spacial score (nSPS) is 11.1. The van der Waals surface area contributed by atoms with Gasteiger partial charge >= 0.3 is 0 Å². The second-order valence-corrected chi connectivity index (χ2v) is 9.24. The standard InChI is InChI=1S/C23H21ClN2O4S/c1-16-11-12-19(24)14-22(16)26(31(29,30)21-9-4-3-5-10-21)15-23(28)25-20-8-6-7-18(13-20)17(2)27/h3-14H,15H2,1-2H3,(H,25,28). The monoisotopic (exact) mass is 456 g/mol. The molecule has 3 rings (SSSR count). The molecule has 0 saturated heterocycles. The van der Waals surface area contributed by atoms with Crippen molar-refractivity contribution in [1.29, 1.82) is 0 Å². The maximum absolute atomic E-state index is 13.4. The van der Waals surface area contributed by atoms with Crippen LogP contribution in [-0.4, -0.2) is 26.7 Å². The van der Waals surface area contributed by atoms with Crippen LogP contribution in [0.25, 0.3) is 0 Å². The van der Waals surface area contributed by atoms with Crippen LogP contribution in [-0.2, 0) is 14.8 Å². The van der Waals surface area contributed by atoms with Gasteiger partial charge in [0.1, 0.15) is 6.54 Å². The molecule has 0 aliphatic carbocycles. The summed E-state index contributed by atoms with van der Waals surface area (Å²) in [6, 6.07) is 19.2. The zero-order chi connectivity index (χ0) is 22.6. The van der Waals surface area contributed by atoms with Crippen LogP contribution in [0.3, 0.4) is 0 Å². The fourth-order valence-electron chi connectivity index (χ4n) is 3.02. The van der Waals surface area contributed by atoms with E-state index < -0.39 is 22.5 Å². The molecule has 0 saturated carbocycles. The van der Waals surface area contributed by atoms with Gasteiger partial charge in [0.25, 0.3) is 10.0 Å². The average Bonchev–Trinajstić information content (AvgIpc) is 2.74. The van der Waals surface area contributed by atoms with E-state index in [0.717, 1.165) is 4.31 Å². The summed E-state index contributed by atoms with van der Waals surface area (Å²) in [5.74, 6) is -0.696. The fraction of sp³-hybridized carbons (Fsp3) is 0.130. The largest absolute Gasteiger partial charge is 0.324 e. The Morgan fingerprint density at radius 3 is 2.35 bits per heavy atom. The first kappa shape index (κ1) is 22.5. The van der Waals surface area contributed by atoms with Gasteiger partial charge in [0.05, 0.1) is 10.6 Å². The predicted octanol–water partition coefficient (Wildman–Crippen LogP) is 4.69. The minimum absolute atomic E-state index is 0.0563. The lowest BCUT2D eigenvalue weighted by molar-refractivity contribution is -0.114. The van der Waals surface area contributed by atoms with Crippen molar-refractivity contribution in [2.75, 3.05) is 16.2 Å². The Balaban J connectivity index is 1.97. The third-order valence-corrected chi connectivity index (χ3v) is 6.62. The summed E-state index contributed by atoms with van der Waals surface area (Å²) in [4.78, 5) is 24.5. The van der Waals surface area contributed by atoms with E-state index >= 15 is 0 Å². The van der Waals surface area contributed by atoms with Crippen molar-refractivity contribution in [2.45, 2.75) is 18.7 Å². The van der Waals surface area contributed by atoms with Crippen molar-refractivity contribution < 1.29 is 18.0 Å². The van der Waals surface area contributed by atoms with Gasteiger partial charge in [-0.2, -0.15) is 0 Å². The van der Waals surface area contributed by atoms with Gasteiger partial charge in [0, 0.05) is 16.3 Å². The molecule has 3 aromatic rings. The van der Waals surface area contributed by atoms with Crippen molar-refractivity contribution in [3.63, 3.8) is 0 Å². The quantitative estimate of drug-likeness (QED) is 0.523. The predicted molar refractivity (Wildman–Crippen MR) is 122 cm³/mol. The van der Waals surface area contributed by atoms with Gasteiger partial charge in [-0.15, -0.1) is 0 Å². The summed E-state index contributed by atoms with van der Waals surface area (Å²) in [6.07, 6.45) is 0. The lowest BCUT2D eigenvalue weighted by atomic mass is 10.1. The third-order valence-electron chi connectivity index (χ3n) is 4.61. The molecule has 0 bridgehead atoms. The number of hydrogen-bond donors (Lipinski definition) is 1. The molecule has 8 heteroatoms. The minimum Gasteiger partial charge on any atom is -0.324 e. The molecule has 0 aromatic heterocycles. The van der Waals surface area contributed by atoms with Crippen LogP contribution in [0, 0.1) is 6.92 Å². The van der Waals surface area contributed by atoms with Gasteiger partial charge < -0.3 is 5.32 Å². The van der Waals surface area contributed by atoms with Crippen LogP contribution in [0.15, 0.2) is 77.7 Å². The lowest BCUT2D eigenvalue weighted by Crippen LogP contribution is -2.38. The van der Waals surface area contributed by atoms with E-state index in [4.69, 9.17) is 11.6 Å². The summed E-state index contributed by atoms with van der Waals surface area (Å²) in [7, 11) is -4.04. The van der Waals surface area contributed by atoms with Crippen LogP contribution in [0.2, 0.25) is 5.02 Å². The second kappa shape index (κ2) is 9.32. The molecule has 0 atom stereocenters. The minimum atomic E-state index is -4.04. The Hall–Kier alpha value is -3.16. The molecule has 160 valence electrons. The highest BCUT2D eigenvalue weighted by molar-refractivity contribution is 7.92. The van der Waals surface area contributed by atoms with E-state index in [9.17, 15) is 18.0 Å². The maximum atomic E-state index is 13.4. The number of rotatable bonds is 7. The summed E-state index contributed by atoms with van der Waals surface area (Å²) in [5, 5.41) is 3.02. The van der Waals surface area contributed by atoms with E-state index in [0.29, 0.717) is 27.5 Å². The Labute approximate surface area is 186 Å². The number of Topliss-reactive ketones (excluding diaryl/α,β-unsaturated/α-hetero) is 1. The van der Waals surface area contributed by atoms with Gasteiger partial charge in [0.15, 0.2) is 5.78 Å². The molecule has 0 aliphatic rings. The summed E-state index contributed by atoms with van der Waals surface area (Å²) in [6.45, 7) is 2.70. The maximum Gasteiger partial charge on any atom is 0.264 e. The van der Waals surface area contributed by atoms with Crippen molar-refractivity contribution >= 4 is 44.7 Å². The number of amides is 1. The van der Waals surface area contributed by atoms with E-state index in [2.05, 4.69) is 5.32 Å². The topological polar surface area (TPSA) is 83.6 Å². The average molecular weight is 457 g/mol. The number of nitrogens with zero attached hydrogens (tertiary/aromatic N) is 1. The molecular weight excluding hydrogens is 436 g/mol. The Morgan fingerprint density at radius 1 is 0.968 bits per heavy atom. The highest BCUT2D eigenvalue weighted by atomic mass is 35.5. The molecule has 1 N–H and O–H groups in total. The van der Waals surface area contributed by atoms with Gasteiger partial charge in [-0.3, -0.25) is 13.9 Å². The molecule has 0 unspecified atom stereocenters. The number of hydrogen-bond acceptors (Lipinski definition) is 4. The number of anilines is 2. The van der Waals surface area contributed by atoms with E-state index in [-0.39, 0.29) is 10.7 Å². The molecule has 1 amide bonds. The molecule has 0 heterocycles. The molecular formula is C23H21ClN2O4S. The first-order valence-corrected chi connectivity index (χ1v) is 11.2. The SMILES string of the molecule is CC(=O)c1cccc(NC(=O)CN(c2cc(Cl)ccc2C)S(=O)(=O)c2ccccc2)c1. The number of ketones is 1. The zero-order valence-corrected chi connectivity index (χ0v) is 18.6. The number of aryl methyl sites for hydroxylation is 1. The van der Waals surface area contributed by atoms with E-state index in [1.54, 1.807) is 61.5 Å². The van der Waals surface area contributed by atoms with Gasteiger partial charge in [-0.25, -0.2) is 8.42 Å². The van der Waals surface area contributed by atoms with Crippen molar-refractivity contribution in [1.82, 2.24) is 0 Å². The van der Waals surface area contributed by atoms with Gasteiger partial charge in [0.2, 0.25) is 5.91 Å². The Kier molecular flexibility index (Phi) is 6.77. The third kappa shape index (κ3) is 5.31. The van der Waals surface area contributed by atoms with Crippen LogP contribution >= 0.6 is 11.6 Å². The zero-order valence-electron chi connectivity index (χ0n) is 17.0. The summed E-state index contributed by atoms with van der Waals surface area (Å²) in [5.41, 5.74) is 1.80. The van der Waals surface area contributed by atoms with Gasteiger partial charge in [-0.05, 0) is 55.8 Å². The molecule has 0 fully saturated rings. The summed E-state index contributed by atoms with van der Waals surface area (Å²) >= 11 is 6.12. The van der Waals surface area contributed by atoms with Crippen LogP contribution in [0.1, 0.15) is 22.8 Å². The molecule has 0 radical (unpaired) electrons. The van der Waals surface area contributed by atoms with Crippen molar-refractivity contribution in [3.05, 3.63) is 88.9 Å². The van der Waals surface area contributed by atoms with E-state index in [1.807, 2.05) is 0 Å². The molecule has 3 aromatic carbocycles. The first-order valence-electron chi connectivity index (χ1n) is 9.43. The highest BCUT2D eigenvalue weighted by Gasteiger charge is 2.28. The number of benzene rings is 3. The number of carbonyl (C=O) groups is 2. The Morgan fingerprint density at radius 2 is 1.68 bits per heavy atom. The van der Waals surface area contributed by atoms with E-state index in [1.165, 1.54) is 25.1 Å². The van der Waals surface area contributed by atoms with Crippen LogP contribution in [0.5, 0.6) is 0 Å². The molecule has 31 heavy (non-hydrogen) atoms. The number of carbonyl (C=O) groups excluding carboxylic acids is 2. The highest BCUT2D eigenvalue weighted by Crippen LogP contribution is 2.29. The van der Waals surface area contributed by atoms with Crippen molar-refractivity contribution in [3.8, 4) is 0 Å². The van der Waals surface area contributed by atoms with Gasteiger partial charge in [-0.1, -0.05) is 48.0 Å². The second-order valence-electron chi connectivity index (χ2n) is 6.94. The molecule has 0 aliphatic heterocycles. The first-order chi connectivity index (χ1) is 14.7. The summed E-state index contributed by atoms with van der Waals surface area (Å²) < 4.78 is 27.8. The van der Waals surface area contributed by atoms with Crippen molar-refractivity contribution in [2.24, 2.45) is 0 Å². The van der Waals surface area contributed by atoms with Crippen LogP contribution < -0.4 is 9.62 Å². The molecule has 6 nitrogen and oxygen atoms in total.